The van der Waals surface area contributed by atoms with Crippen molar-refractivity contribution in [1.82, 2.24) is 4.90 Å². The van der Waals surface area contributed by atoms with Crippen LogP contribution < -0.4 is 0 Å². The van der Waals surface area contributed by atoms with Crippen LogP contribution in [0.5, 0.6) is 0 Å². The van der Waals surface area contributed by atoms with E-state index in [1.54, 1.807) is 27.7 Å². The van der Waals surface area contributed by atoms with E-state index < -0.39 is 102 Å². The van der Waals surface area contributed by atoms with Gasteiger partial charge in [0.1, 0.15) is 23.9 Å². The third-order valence-electron chi connectivity index (χ3n) is 13.6. The van der Waals surface area contributed by atoms with E-state index in [2.05, 4.69) is 24.0 Å². The van der Waals surface area contributed by atoms with Gasteiger partial charge in [-0.25, -0.2) is 0 Å². The monoisotopic (exact) mass is 793 g/mol. The van der Waals surface area contributed by atoms with Crippen LogP contribution in [0, 0.1) is 23.7 Å². The Morgan fingerprint density at radius 1 is 1.00 bits per heavy atom. The number of carbonyl (C=O) groups excluding carboxylic acids is 1. The number of benzene rings is 1. The quantitative estimate of drug-likeness (QED) is 0.236. The Balaban J connectivity index is 1.55. The molecule has 13 heteroatoms. The first-order valence-corrected chi connectivity index (χ1v) is 20.7. The maximum absolute atomic E-state index is 14.4. The number of nitrogens with zero attached hydrogens (tertiary/aromatic N) is 1. The molecule has 0 aliphatic carbocycles. The zero-order chi connectivity index (χ0) is 41.5. The Morgan fingerprint density at radius 3 is 2.29 bits per heavy atom. The molecule has 4 N–H and O–H groups in total. The second-order valence-electron chi connectivity index (χ2n) is 18.2. The molecule has 0 unspecified atom stereocenters. The lowest BCUT2D eigenvalue weighted by Crippen LogP contribution is -2.60. The smallest absolute Gasteiger partial charge is 0.311 e. The molecule has 4 saturated heterocycles. The van der Waals surface area contributed by atoms with Gasteiger partial charge in [0, 0.05) is 38.0 Å². The van der Waals surface area contributed by atoms with Gasteiger partial charge in [0.15, 0.2) is 12.6 Å². The predicted octanol–water partition coefficient (Wildman–Crippen LogP) is 4.19. The molecule has 13 nitrogen and oxygen atoms in total. The van der Waals surface area contributed by atoms with Crippen molar-refractivity contribution in [3.05, 3.63) is 35.9 Å². The highest BCUT2D eigenvalue weighted by Gasteiger charge is 2.59. The largest absolute Gasteiger partial charge is 0.459 e. The van der Waals surface area contributed by atoms with Gasteiger partial charge in [-0.1, -0.05) is 58.0 Å². The van der Waals surface area contributed by atoms with Crippen molar-refractivity contribution < 1.29 is 58.4 Å². The zero-order valence-electron chi connectivity index (χ0n) is 35.7. The summed E-state index contributed by atoms with van der Waals surface area (Å²) >= 11 is 0. The van der Waals surface area contributed by atoms with Crippen LogP contribution in [0.4, 0.5) is 0 Å². The first-order chi connectivity index (χ1) is 26.2. The summed E-state index contributed by atoms with van der Waals surface area (Å²) in [6, 6.07) is 9.82. The fourth-order valence-electron chi connectivity index (χ4n) is 10.1. The van der Waals surface area contributed by atoms with Crippen molar-refractivity contribution in [3.63, 3.8) is 0 Å². The Labute approximate surface area is 334 Å². The average molecular weight is 794 g/mol. The highest BCUT2D eigenvalue weighted by Crippen LogP contribution is 2.48. The number of esters is 1. The molecule has 0 aromatic heterocycles. The lowest BCUT2D eigenvalue weighted by atomic mass is 9.76. The normalized spacial score (nSPS) is 45.4. The molecular formula is C43H71NO12. The Hall–Kier alpha value is -1.75. The maximum Gasteiger partial charge on any atom is 0.311 e. The molecule has 1 aromatic rings. The van der Waals surface area contributed by atoms with Crippen LogP contribution in [0.15, 0.2) is 30.3 Å². The molecular weight excluding hydrogens is 722 g/mol. The van der Waals surface area contributed by atoms with E-state index in [1.807, 2.05) is 52.9 Å². The number of carbonyl (C=O) groups is 1. The van der Waals surface area contributed by atoms with Gasteiger partial charge in [0.05, 0.1) is 53.7 Å². The van der Waals surface area contributed by atoms with Crippen molar-refractivity contribution in [3.8, 4) is 0 Å². The minimum atomic E-state index is -1.80. The topological polar surface area (TPSA) is 166 Å². The first kappa shape index (κ1) is 45.3. The van der Waals surface area contributed by atoms with E-state index in [-0.39, 0.29) is 30.9 Å². The van der Waals surface area contributed by atoms with Crippen LogP contribution in [0.2, 0.25) is 0 Å². The molecule has 4 fully saturated rings. The van der Waals surface area contributed by atoms with Gasteiger partial charge in [-0.3, -0.25) is 9.69 Å². The van der Waals surface area contributed by atoms with Gasteiger partial charge >= 0.3 is 5.97 Å². The second-order valence-corrected chi connectivity index (χ2v) is 18.2. The number of aliphatic hydroxyl groups is 4. The van der Waals surface area contributed by atoms with Gasteiger partial charge in [0.25, 0.3) is 0 Å². The van der Waals surface area contributed by atoms with Crippen molar-refractivity contribution in [2.24, 2.45) is 23.7 Å². The zero-order valence-corrected chi connectivity index (χ0v) is 35.7. The summed E-state index contributed by atoms with van der Waals surface area (Å²) in [5, 5.41) is 46.0. The van der Waals surface area contributed by atoms with Crippen molar-refractivity contribution >= 4 is 5.97 Å². The van der Waals surface area contributed by atoms with E-state index >= 15 is 0 Å². The van der Waals surface area contributed by atoms with Gasteiger partial charge < -0.3 is 53.6 Å². The highest BCUT2D eigenvalue weighted by molar-refractivity contribution is 5.73. The number of ether oxygens (including phenoxy) is 7. The summed E-state index contributed by atoms with van der Waals surface area (Å²) in [4.78, 5) is 16.6. The third kappa shape index (κ3) is 9.18. The SMILES string of the molecule is CC[C@@H](O)[C@@](C)(O)[C@@H]1OC(=O)[C@H](C)[C@@H](O[C@H]2C[C@@](C)(OC)[C@@H](O)[C@H](C)O2)[C@H](C)[C@@H](O[C@@H]2O[C@H](C)C[C@H](N(C)Cc3ccccc3)[C@H]2O)[C@@]2(C)C[C@@H](C)[C@H](O2)[C@@H]1C. The summed E-state index contributed by atoms with van der Waals surface area (Å²) in [5.41, 5.74) is -2.65. The number of hydrogen-bond acceptors (Lipinski definition) is 13. The van der Waals surface area contributed by atoms with E-state index in [0.29, 0.717) is 19.4 Å². The summed E-state index contributed by atoms with van der Waals surface area (Å²) in [7, 11) is 3.53. The van der Waals surface area contributed by atoms with Crippen LogP contribution in [0.25, 0.3) is 0 Å². The van der Waals surface area contributed by atoms with Crippen molar-refractivity contribution in [2.45, 2.75) is 192 Å². The highest BCUT2D eigenvalue weighted by atomic mass is 16.7. The van der Waals surface area contributed by atoms with Gasteiger partial charge in [0.2, 0.25) is 0 Å². The summed E-state index contributed by atoms with van der Waals surface area (Å²) in [5.74, 6) is -2.76. The Kier molecular flexibility index (Phi) is 14.4. The van der Waals surface area contributed by atoms with E-state index in [4.69, 9.17) is 33.2 Å². The fourth-order valence-corrected chi connectivity index (χ4v) is 10.1. The molecule has 4 aliphatic rings. The van der Waals surface area contributed by atoms with Crippen molar-refractivity contribution in [2.75, 3.05) is 14.2 Å². The van der Waals surface area contributed by atoms with Gasteiger partial charge in [-0.2, -0.15) is 0 Å². The van der Waals surface area contributed by atoms with Crippen LogP contribution in [-0.2, 0) is 44.5 Å². The molecule has 1 aromatic carbocycles. The molecule has 2 bridgehead atoms. The average Bonchev–Trinajstić information content (AvgIpc) is 3.47. The summed E-state index contributed by atoms with van der Waals surface area (Å²) in [6.07, 6.45) is -7.70. The number of rotatable bonds is 11. The number of cyclic esters (lactones) is 1. The lowest BCUT2D eigenvalue weighted by Gasteiger charge is -2.48. The fraction of sp³-hybridized carbons (Fsp3) is 0.837. The van der Waals surface area contributed by atoms with Gasteiger partial charge in [-0.15, -0.1) is 0 Å². The van der Waals surface area contributed by atoms with Gasteiger partial charge in [-0.05, 0) is 79.3 Å². The number of aliphatic hydroxyl groups excluding tert-OH is 3. The van der Waals surface area contributed by atoms with Crippen molar-refractivity contribution in [1.29, 1.82) is 0 Å². The number of fused-ring (bicyclic) bond motifs is 2. The first-order valence-electron chi connectivity index (χ1n) is 20.7. The number of methoxy groups -OCH3 is 1. The Bertz CT molecular complexity index is 1430. The molecule has 0 amide bonds. The minimum absolute atomic E-state index is 0.0763. The minimum Gasteiger partial charge on any atom is -0.459 e. The van der Waals surface area contributed by atoms with E-state index in [9.17, 15) is 25.2 Å². The molecule has 4 aliphatic heterocycles. The molecule has 0 spiro atoms. The lowest BCUT2D eigenvalue weighted by molar-refractivity contribution is -0.318. The molecule has 5 rings (SSSR count). The van der Waals surface area contributed by atoms with Crippen LogP contribution in [-0.4, -0.2) is 136 Å². The van der Waals surface area contributed by atoms with E-state index in [0.717, 1.165) is 5.56 Å². The maximum atomic E-state index is 14.4. The summed E-state index contributed by atoms with van der Waals surface area (Å²) in [6.45, 7) is 19.0. The number of likely N-dealkylation sites (N-methyl/N-ethyl adjacent to an activating group) is 1. The second kappa shape index (κ2) is 17.8. The molecule has 320 valence electrons. The summed E-state index contributed by atoms with van der Waals surface area (Å²) < 4.78 is 45.6. The predicted molar refractivity (Wildman–Crippen MR) is 208 cm³/mol. The molecule has 0 radical (unpaired) electrons. The molecule has 4 heterocycles. The number of hydrogen-bond donors (Lipinski definition) is 4. The van der Waals surface area contributed by atoms with Crippen LogP contribution in [0.1, 0.15) is 100 Å². The molecule has 56 heavy (non-hydrogen) atoms. The van der Waals surface area contributed by atoms with Crippen LogP contribution >= 0.6 is 0 Å². The van der Waals surface area contributed by atoms with Crippen LogP contribution in [0.3, 0.4) is 0 Å². The van der Waals surface area contributed by atoms with E-state index in [1.165, 1.54) is 14.0 Å². The Morgan fingerprint density at radius 2 is 1.66 bits per heavy atom. The molecule has 0 saturated carbocycles. The standard InChI is InChI=1S/C43H71NO12/c1-13-31(45)43(10,49)38-25(4)34-23(2)20-42(9,56-34)37(55-40-33(46)30(19-24(3)51-40)44(11)22-29-17-15-14-16-18-29)26(5)35(27(6)39(48)54-38)53-32-21-41(8,50-12)36(47)28(7)52-32/h14-18,23-28,30-38,40,45-47,49H,13,19-22H2,1-12H3/t23-,24-,25+,26+,27-,28+,30+,31-,32+,33-,34+,35+,36+,37-,38-,40+,41-,42-,43-/m1/s1. The third-order valence-corrected chi connectivity index (χ3v) is 13.6. The molecule has 19 atom stereocenters.